The van der Waals surface area contributed by atoms with E-state index < -0.39 is 0 Å². The first-order valence-corrected chi connectivity index (χ1v) is 5.81. The first-order chi connectivity index (χ1) is 8.17. The Hall–Kier alpha value is -1.73. The molecule has 1 heterocycles. The van der Waals surface area contributed by atoms with Crippen LogP contribution in [-0.4, -0.2) is 25.7 Å². The SMILES string of the molecule is CC1C(CCN)Oc2cc(C#N)ccc2N1C. The van der Waals surface area contributed by atoms with Crippen LogP contribution in [0.3, 0.4) is 0 Å². The van der Waals surface area contributed by atoms with E-state index in [0.717, 1.165) is 17.9 Å². The van der Waals surface area contributed by atoms with E-state index in [1.54, 1.807) is 6.07 Å². The van der Waals surface area contributed by atoms with Crippen molar-refractivity contribution >= 4 is 5.69 Å². The van der Waals surface area contributed by atoms with Crippen molar-refractivity contribution in [3.05, 3.63) is 23.8 Å². The summed E-state index contributed by atoms with van der Waals surface area (Å²) in [5.41, 5.74) is 7.25. The van der Waals surface area contributed by atoms with Crippen LogP contribution < -0.4 is 15.4 Å². The van der Waals surface area contributed by atoms with E-state index in [-0.39, 0.29) is 6.10 Å². The number of benzene rings is 1. The average molecular weight is 231 g/mol. The first-order valence-electron chi connectivity index (χ1n) is 5.81. The molecular formula is C13H17N3O. The minimum absolute atomic E-state index is 0.0893. The van der Waals surface area contributed by atoms with Crippen LogP contribution >= 0.6 is 0 Å². The van der Waals surface area contributed by atoms with Gasteiger partial charge in [-0.2, -0.15) is 5.26 Å². The summed E-state index contributed by atoms with van der Waals surface area (Å²) < 4.78 is 5.92. The average Bonchev–Trinajstić information content (AvgIpc) is 2.35. The van der Waals surface area contributed by atoms with Gasteiger partial charge in [-0.05, 0) is 32.0 Å². The predicted molar refractivity (Wildman–Crippen MR) is 67.1 cm³/mol. The van der Waals surface area contributed by atoms with E-state index in [0.29, 0.717) is 18.2 Å². The van der Waals surface area contributed by atoms with Crippen LogP contribution in [0.4, 0.5) is 5.69 Å². The number of hydrogen-bond donors (Lipinski definition) is 1. The Morgan fingerprint density at radius 2 is 2.29 bits per heavy atom. The van der Waals surface area contributed by atoms with Crippen molar-refractivity contribution < 1.29 is 4.74 Å². The molecule has 0 aromatic heterocycles. The van der Waals surface area contributed by atoms with Crippen molar-refractivity contribution in [2.75, 3.05) is 18.5 Å². The molecule has 4 nitrogen and oxygen atoms in total. The van der Waals surface area contributed by atoms with Gasteiger partial charge in [-0.25, -0.2) is 0 Å². The zero-order valence-electron chi connectivity index (χ0n) is 10.2. The highest BCUT2D eigenvalue weighted by Crippen LogP contribution is 2.36. The van der Waals surface area contributed by atoms with Crippen LogP contribution in [0.25, 0.3) is 0 Å². The van der Waals surface area contributed by atoms with Crippen LogP contribution in [0.1, 0.15) is 18.9 Å². The van der Waals surface area contributed by atoms with Gasteiger partial charge in [0.05, 0.1) is 23.4 Å². The molecule has 17 heavy (non-hydrogen) atoms. The quantitative estimate of drug-likeness (QED) is 0.837. The summed E-state index contributed by atoms with van der Waals surface area (Å²) in [4.78, 5) is 2.18. The molecule has 0 saturated heterocycles. The summed E-state index contributed by atoms with van der Waals surface area (Å²) >= 11 is 0. The standard InChI is InChI=1S/C13H17N3O/c1-9-12(5-6-14)17-13-7-10(8-15)3-4-11(13)16(9)2/h3-4,7,9,12H,5-6,14H2,1-2H3. The molecule has 0 radical (unpaired) electrons. The van der Waals surface area contributed by atoms with Crippen LogP contribution in [0.5, 0.6) is 5.75 Å². The molecule has 0 saturated carbocycles. The molecule has 1 aromatic rings. The van der Waals surface area contributed by atoms with E-state index >= 15 is 0 Å². The van der Waals surface area contributed by atoms with Crippen molar-refractivity contribution in [1.82, 2.24) is 0 Å². The molecule has 1 aromatic carbocycles. The fourth-order valence-electron chi connectivity index (χ4n) is 2.16. The maximum Gasteiger partial charge on any atom is 0.144 e. The van der Waals surface area contributed by atoms with Crippen molar-refractivity contribution in [3.8, 4) is 11.8 Å². The van der Waals surface area contributed by atoms with Crippen LogP contribution in [0, 0.1) is 11.3 Å². The number of nitrogens with two attached hydrogens (primary N) is 1. The Morgan fingerprint density at radius 3 is 2.94 bits per heavy atom. The minimum atomic E-state index is 0.0893. The fourth-order valence-corrected chi connectivity index (χ4v) is 2.16. The summed E-state index contributed by atoms with van der Waals surface area (Å²) in [5, 5.41) is 8.89. The lowest BCUT2D eigenvalue weighted by Gasteiger charge is -2.39. The highest BCUT2D eigenvalue weighted by molar-refractivity contribution is 5.63. The van der Waals surface area contributed by atoms with E-state index in [9.17, 15) is 0 Å². The second-order valence-electron chi connectivity index (χ2n) is 4.38. The zero-order valence-corrected chi connectivity index (χ0v) is 10.2. The lowest BCUT2D eigenvalue weighted by Crippen LogP contribution is -2.46. The normalized spacial score (nSPS) is 22.6. The smallest absolute Gasteiger partial charge is 0.144 e. The number of nitrogens with zero attached hydrogens (tertiary/aromatic N) is 2. The number of likely N-dealkylation sites (N-methyl/N-ethyl adjacent to an activating group) is 1. The molecule has 4 heteroatoms. The van der Waals surface area contributed by atoms with Crippen LogP contribution in [0.15, 0.2) is 18.2 Å². The monoisotopic (exact) mass is 231 g/mol. The molecule has 0 aliphatic carbocycles. The lowest BCUT2D eigenvalue weighted by molar-refractivity contribution is 0.154. The molecular weight excluding hydrogens is 214 g/mol. The van der Waals surface area contributed by atoms with Gasteiger partial charge in [-0.1, -0.05) is 0 Å². The fraction of sp³-hybridized carbons (Fsp3) is 0.462. The van der Waals surface area contributed by atoms with Gasteiger partial charge in [0, 0.05) is 13.1 Å². The van der Waals surface area contributed by atoms with E-state index in [1.807, 2.05) is 19.2 Å². The van der Waals surface area contributed by atoms with Gasteiger partial charge in [-0.15, -0.1) is 0 Å². The molecule has 2 unspecified atom stereocenters. The van der Waals surface area contributed by atoms with E-state index in [4.69, 9.17) is 15.7 Å². The molecule has 2 atom stereocenters. The van der Waals surface area contributed by atoms with Gasteiger partial charge in [0.2, 0.25) is 0 Å². The third-order valence-electron chi connectivity index (χ3n) is 3.35. The molecule has 1 aliphatic heterocycles. The van der Waals surface area contributed by atoms with Gasteiger partial charge in [0.25, 0.3) is 0 Å². The topological polar surface area (TPSA) is 62.3 Å². The molecule has 0 fully saturated rings. The molecule has 0 bridgehead atoms. The molecule has 90 valence electrons. The second kappa shape index (κ2) is 4.64. The van der Waals surface area contributed by atoms with Crippen molar-refractivity contribution in [1.29, 1.82) is 5.26 Å². The summed E-state index contributed by atoms with van der Waals surface area (Å²) in [5.74, 6) is 0.781. The van der Waals surface area contributed by atoms with Gasteiger partial charge in [0.1, 0.15) is 11.9 Å². The summed E-state index contributed by atoms with van der Waals surface area (Å²) in [7, 11) is 2.04. The Balaban J connectivity index is 2.35. The van der Waals surface area contributed by atoms with E-state index in [2.05, 4.69) is 17.9 Å². The summed E-state index contributed by atoms with van der Waals surface area (Å²) in [6.45, 7) is 2.73. The van der Waals surface area contributed by atoms with Gasteiger partial charge < -0.3 is 15.4 Å². The molecule has 2 N–H and O–H groups in total. The molecule has 0 amide bonds. The minimum Gasteiger partial charge on any atom is -0.486 e. The third kappa shape index (κ3) is 2.06. The first kappa shape index (κ1) is 11.7. The number of fused-ring (bicyclic) bond motifs is 1. The molecule has 2 rings (SSSR count). The third-order valence-corrected chi connectivity index (χ3v) is 3.35. The number of hydrogen-bond acceptors (Lipinski definition) is 4. The maximum absolute atomic E-state index is 8.89. The number of ether oxygens (including phenoxy) is 1. The molecule has 0 spiro atoms. The highest BCUT2D eigenvalue weighted by Gasteiger charge is 2.30. The largest absolute Gasteiger partial charge is 0.486 e. The lowest BCUT2D eigenvalue weighted by atomic mass is 10.0. The second-order valence-corrected chi connectivity index (χ2v) is 4.38. The highest BCUT2D eigenvalue weighted by atomic mass is 16.5. The van der Waals surface area contributed by atoms with Crippen molar-refractivity contribution in [2.24, 2.45) is 5.73 Å². The van der Waals surface area contributed by atoms with E-state index in [1.165, 1.54) is 0 Å². The summed E-state index contributed by atoms with van der Waals surface area (Å²) in [6.07, 6.45) is 0.910. The van der Waals surface area contributed by atoms with Crippen LogP contribution in [0.2, 0.25) is 0 Å². The number of rotatable bonds is 2. The van der Waals surface area contributed by atoms with Crippen molar-refractivity contribution in [3.63, 3.8) is 0 Å². The summed E-state index contributed by atoms with van der Waals surface area (Å²) in [6, 6.07) is 7.96. The Labute approximate surface area is 102 Å². The van der Waals surface area contributed by atoms with Crippen molar-refractivity contribution in [2.45, 2.75) is 25.5 Å². The van der Waals surface area contributed by atoms with Gasteiger partial charge >= 0.3 is 0 Å². The molecule has 1 aliphatic rings. The van der Waals surface area contributed by atoms with Gasteiger partial charge in [0.15, 0.2) is 0 Å². The Kier molecular flexibility index (Phi) is 3.21. The maximum atomic E-state index is 8.89. The Bertz CT molecular complexity index is 452. The predicted octanol–water partition coefficient (Wildman–Crippen LogP) is 1.49. The van der Waals surface area contributed by atoms with Crippen LogP contribution in [-0.2, 0) is 0 Å². The van der Waals surface area contributed by atoms with Gasteiger partial charge in [-0.3, -0.25) is 0 Å². The number of anilines is 1. The number of nitriles is 1. The Morgan fingerprint density at radius 1 is 1.53 bits per heavy atom. The zero-order chi connectivity index (χ0) is 12.4.